The van der Waals surface area contributed by atoms with Crippen LogP contribution in [-0.2, 0) is 5.60 Å². The summed E-state index contributed by atoms with van der Waals surface area (Å²) in [5.74, 6) is 0.861. The third-order valence-electron chi connectivity index (χ3n) is 4.73. The van der Waals surface area contributed by atoms with Gasteiger partial charge in [0.1, 0.15) is 5.60 Å². The zero-order valence-corrected chi connectivity index (χ0v) is 17.0. The van der Waals surface area contributed by atoms with Crippen LogP contribution in [-0.4, -0.2) is 26.1 Å². The monoisotopic (exact) mass is 384 g/mol. The van der Waals surface area contributed by atoms with Gasteiger partial charge in [-0.15, -0.1) is 0 Å². The molecule has 0 radical (unpaired) electrons. The third-order valence-corrected chi connectivity index (χ3v) is 5.01. The van der Waals surface area contributed by atoms with E-state index >= 15 is 0 Å². The summed E-state index contributed by atoms with van der Waals surface area (Å²) >= 11 is 6.44. The van der Waals surface area contributed by atoms with E-state index in [4.69, 9.17) is 11.6 Å². The standard InChI is InChI=1S/C21H25ClN4O/c1-12(2)13(3)26-19-16-8-14(6-7-18(16)23-11-17(19)22)15-9-24-20(25-10-15)21(4,5)27/h6-13,27H,1-5H3,(H,23,26). The second kappa shape index (κ2) is 7.41. The Hall–Kier alpha value is -2.24. The molecule has 0 saturated carbocycles. The summed E-state index contributed by atoms with van der Waals surface area (Å²) < 4.78 is 0. The highest BCUT2D eigenvalue weighted by Gasteiger charge is 2.19. The molecule has 0 fully saturated rings. The maximum atomic E-state index is 10.0. The number of nitrogens with zero attached hydrogens (tertiary/aromatic N) is 3. The van der Waals surface area contributed by atoms with Gasteiger partial charge in [0.15, 0.2) is 5.82 Å². The number of pyridine rings is 1. The van der Waals surface area contributed by atoms with Gasteiger partial charge in [0, 0.05) is 35.6 Å². The van der Waals surface area contributed by atoms with Gasteiger partial charge < -0.3 is 10.4 Å². The van der Waals surface area contributed by atoms with Crippen LogP contribution in [0.15, 0.2) is 36.8 Å². The predicted octanol–water partition coefficient (Wildman–Crippen LogP) is 5.03. The molecule has 142 valence electrons. The van der Waals surface area contributed by atoms with Gasteiger partial charge in [-0.1, -0.05) is 31.5 Å². The van der Waals surface area contributed by atoms with Crippen molar-refractivity contribution in [3.05, 3.63) is 47.6 Å². The fourth-order valence-corrected chi connectivity index (χ4v) is 2.89. The summed E-state index contributed by atoms with van der Waals surface area (Å²) in [6.45, 7) is 9.81. The smallest absolute Gasteiger partial charge is 0.159 e. The first-order valence-corrected chi connectivity index (χ1v) is 9.44. The predicted molar refractivity (Wildman–Crippen MR) is 111 cm³/mol. The topological polar surface area (TPSA) is 70.9 Å². The molecule has 0 aliphatic heterocycles. The Morgan fingerprint density at radius 1 is 1.00 bits per heavy atom. The molecule has 3 rings (SSSR count). The van der Waals surface area contributed by atoms with Crippen LogP contribution >= 0.6 is 11.6 Å². The highest BCUT2D eigenvalue weighted by atomic mass is 35.5. The molecule has 0 saturated heterocycles. The maximum Gasteiger partial charge on any atom is 0.159 e. The zero-order valence-electron chi connectivity index (χ0n) is 16.3. The summed E-state index contributed by atoms with van der Waals surface area (Å²) in [4.78, 5) is 13.0. The number of hydrogen-bond acceptors (Lipinski definition) is 5. The molecular formula is C21H25ClN4O. The van der Waals surface area contributed by atoms with E-state index in [1.807, 2.05) is 18.2 Å². The highest BCUT2D eigenvalue weighted by molar-refractivity contribution is 6.34. The van der Waals surface area contributed by atoms with Gasteiger partial charge in [0.25, 0.3) is 0 Å². The summed E-state index contributed by atoms with van der Waals surface area (Å²) in [7, 11) is 0. The molecule has 0 bridgehead atoms. The normalized spacial score (nSPS) is 13.2. The maximum absolute atomic E-state index is 10.0. The SMILES string of the molecule is CC(C)C(C)Nc1c(Cl)cnc2ccc(-c3cnc(C(C)(C)O)nc3)cc12. The lowest BCUT2D eigenvalue weighted by Crippen LogP contribution is -2.21. The largest absolute Gasteiger partial charge is 0.382 e. The molecule has 3 aromatic rings. The van der Waals surface area contributed by atoms with Gasteiger partial charge in [0.05, 0.1) is 16.2 Å². The van der Waals surface area contributed by atoms with Crippen molar-refractivity contribution in [2.45, 2.75) is 46.3 Å². The van der Waals surface area contributed by atoms with E-state index in [1.165, 1.54) is 0 Å². The minimum absolute atomic E-state index is 0.270. The summed E-state index contributed by atoms with van der Waals surface area (Å²) in [6, 6.07) is 6.27. The average Bonchev–Trinajstić information content (AvgIpc) is 2.63. The van der Waals surface area contributed by atoms with Gasteiger partial charge >= 0.3 is 0 Å². The van der Waals surface area contributed by atoms with E-state index in [0.717, 1.165) is 27.7 Å². The molecule has 0 aliphatic carbocycles. The van der Waals surface area contributed by atoms with Crippen molar-refractivity contribution in [1.29, 1.82) is 0 Å². The molecule has 27 heavy (non-hydrogen) atoms. The van der Waals surface area contributed by atoms with Crippen molar-refractivity contribution >= 4 is 28.2 Å². The second-order valence-electron chi connectivity index (χ2n) is 7.74. The Morgan fingerprint density at radius 3 is 2.26 bits per heavy atom. The number of nitrogens with one attached hydrogen (secondary N) is 1. The first-order chi connectivity index (χ1) is 12.7. The van der Waals surface area contributed by atoms with Gasteiger partial charge in [-0.05, 0) is 44.4 Å². The van der Waals surface area contributed by atoms with Crippen LogP contribution in [0.2, 0.25) is 5.02 Å². The molecule has 0 aliphatic rings. The Balaban J connectivity index is 2.06. The zero-order chi connectivity index (χ0) is 19.8. The number of benzene rings is 1. The van der Waals surface area contributed by atoms with E-state index in [0.29, 0.717) is 16.8 Å². The molecule has 1 aromatic carbocycles. The van der Waals surface area contributed by atoms with Crippen LogP contribution < -0.4 is 5.32 Å². The molecule has 1 unspecified atom stereocenters. The minimum Gasteiger partial charge on any atom is -0.382 e. The van der Waals surface area contributed by atoms with Crippen LogP contribution in [0.25, 0.3) is 22.0 Å². The number of rotatable bonds is 5. The molecule has 2 aromatic heterocycles. The third kappa shape index (κ3) is 4.20. The molecule has 5 nitrogen and oxygen atoms in total. The van der Waals surface area contributed by atoms with Gasteiger partial charge in [-0.25, -0.2) is 9.97 Å². The molecule has 0 amide bonds. The molecule has 6 heteroatoms. The number of hydrogen-bond donors (Lipinski definition) is 2. The minimum atomic E-state index is -1.07. The number of aliphatic hydroxyl groups is 1. The van der Waals surface area contributed by atoms with Crippen molar-refractivity contribution in [3.8, 4) is 11.1 Å². The summed E-state index contributed by atoms with van der Waals surface area (Å²) in [5.41, 5.74) is 2.53. The van der Waals surface area contributed by atoms with Crippen LogP contribution in [0.1, 0.15) is 40.4 Å². The fraction of sp³-hybridized carbons (Fsp3) is 0.381. The Kier molecular flexibility index (Phi) is 5.36. The lowest BCUT2D eigenvalue weighted by Gasteiger charge is -2.21. The number of aromatic nitrogens is 3. The number of fused-ring (bicyclic) bond motifs is 1. The van der Waals surface area contributed by atoms with Gasteiger partial charge in [-0.3, -0.25) is 4.98 Å². The van der Waals surface area contributed by atoms with Gasteiger partial charge in [0.2, 0.25) is 0 Å². The van der Waals surface area contributed by atoms with Crippen LogP contribution in [0.3, 0.4) is 0 Å². The molecule has 2 heterocycles. The Labute approximate surface area is 164 Å². The molecule has 1 atom stereocenters. The van der Waals surface area contributed by atoms with Crippen LogP contribution in [0, 0.1) is 5.92 Å². The Bertz CT molecular complexity index is 949. The van der Waals surface area contributed by atoms with Crippen LogP contribution in [0.4, 0.5) is 5.69 Å². The molecule has 2 N–H and O–H groups in total. The Morgan fingerprint density at radius 2 is 1.67 bits per heavy atom. The van der Waals surface area contributed by atoms with Crippen molar-refractivity contribution in [2.24, 2.45) is 5.92 Å². The van der Waals surface area contributed by atoms with Crippen LogP contribution in [0.5, 0.6) is 0 Å². The van der Waals surface area contributed by atoms with E-state index in [-0.39, 0.29) is 6.04 Å². The van der Waals surface area contributed by atoms with Crippen molar-refractivity contribution in [1.82, 2.24) is 15.0 Å². The first kappa shape index (κ1) is 19.5. The van der Waals surface area contributed by atoms with E-state index in [2.05, 4.69) is 41.0 Å². The van der Waals surface area contributed by atoms with E-state index in [1.54, 1.807) is 32.4 Å². The van der Waals surface area contributed by atoms with E-state index < -0.39 is 5.60 Å². The highest BCUT2D eigenvalue weighted by Crippen LogP contribution is 2.33. The molecule has 0 spiro atoms. The average molecular weight is 385 g/mol. The molecular weight excluding hydrogens is 360 g/mol. The second-order valence-corrected chi connectivity index (χ2v) is 8.15. The van der Waals surface area contributed by atoms with Crippen molar-refractivity contribution in [3.63, 3.8) is 0 Å². The number of anilines is 1. The number of halogens is 1. The summed E-state index contributed by atoms with van der Waals surface area (Å²) in [5, 5.41) is 15.1. The van der Waals surface area contributed by atoms with Crippen molar-refractivity contribution in [2.75, 3.05) is 5.32 Å². The van der Waals surface area contributed by atoms with E-state index in [9.17, 15) is 5.11 Å². The van der Waals surface area contributed by atoms with Crippen molar-refractivity contribution < 1.29 is 5.11 Å². The fourth-order valence-electron chi connectivity index (χ4n) is 2.68. The quantitative estimate of drug-likeness (QED) is 0.645. The van der Waals surface area contributed by atoms with Gasteiger partial charge in [-0.2, -0.15) is 0 Å². The lowest BCUT2D eigenvalue weighted by atomic mass is 10.0. The first-order valence-electron chi connectivity index (χ1n) is 9.07. The summed E-state index contributed by atoms with van der Waals surface area (Å²) in [6.07, 6.45) is 5.13. The lowest BCUT2D eigenvalue weighted by molar-refractivity contribution is 0.0687.